The number of hydrogen-bond acceptors (Lipinski definition) is 1. The number of alkyl halides is 13. The van der Waals surface area contributed by atoms with E-state index in [1.807, 2.05) is 0 Å². The monoisotopic (exact) mass is 419 g/mol. The van der Waals surface area contributed by atoms with Gasteiger partial charge in [0, 0.05) is 25.9 Å². The summed E-state index contributed by atoms with van der Waals surface area (Å²) in [6.07, 6.45) is -11.2. The summed E-state index contributed by atoms with van der Waals surface area (Å²) >= 11 is 0. The van der Waals surface area contributed by atoms with E-state index < -0.39 is 66.7 Å². The van der Waals surface area contributed by atoms with Crippen LogP contribution in [0.2, 0.25) is 0 Å². The highest BCUT2D eigenvalue weighted by atomic mass is 19.4. The van der Waals surface area contributed by atoms with Crippen molar-refractivity contribution in [1.29, 1.82) is 0 Å². The first-order valence-corrected chi connectivity index (χ1v) is 6.93. The molecule has 26 heavy (non-hydrogen) atoms. The lowest BCUT2D eigenvalue weighted by Crippen LogP contribution is -2.70. The van der Waals surface area contributed by atoms with Crippen molar-refractivity contribution in [3.8, 4) is 0 Å². The lowest BCUT2D eigenvalue weighted by Gasteiger charge is -2.42. The van der Waals surface area contributed by atoms with Gasteiger partial charge < -0.3 is 0 Å². The molecule has 0 saturated carbocycles. The van der Waals surface area contributed by atoms with Crippen molar-refractivity contribution >= 4 is 0 Å². The topological polar surface area (TPSA) is 3.24 Å². The molecule has 0 rings (SSSR count). The van der Waals surface area contributed by atoms with E-state index in [0.29, 0.717) is 0 Å². The maximum atomic E-state index is 13.6. The molecule has 0 atom stereocenters. The molecular formula is C12H14F13N. The number of halogens is 13. The fraction of sp³-hybridized carbons (Fsp3) is 1.00. The van der Waals surface area contributed by atoms with Crippen molar-refractivity contribution in [3.63, 3.8) is 0 Å². The van der Waals surface area contributed by atoms with Crippen LogP contribution in [0.3, 0.4) is 0 Å². The molecule has 0 spiro atoms. The van der Waals surface area contributed by atoms with Gasteiger partial charge in [0.15, 0.2) is 0 Å². The molecule has 0 aliphatic heterocycles. The fourth-order valence-corrected chi connectivity index (χ4v) is 1.89. The Balaban J connectivity index is 6.01. The standard InChI is InChI=1S/C12H14F13N/c1-3-26(4-2)12(24,25)11(22,23)10(20,21)9(18,19)7(13,14)5-6-8(15,16)17/h3-6H2,1-2H3. The van der Waals surface area contributed by atoms with Crippen molar-refractivity contribution in [2.24, 2.45) is 0 Å². The maximum absolute atomic E-state index is 13.6. The third kappa shape index (κ3) is 4.14. The van der Waals surface area contributed by atoms with E-state index in [4.69, 9.17) is 0 Å². The first kappa shape index (κ1) is 25.1. The van der Waals surface area contributed by atoms with E-state index >= 15 is 0 Å². The smallest absolute Gasteiger partial charge is 0.240 e. The minimum atomic E-state index is -7.36. The minimum absolute atomic E-state index is 0.676. The van der Waals surface area contributed by atoms with Crippen molar-refractivity contribution in [2.75, 3.05) is 13.1 Å². The predicted octanol–water partition coefficient (Wildman–Crippen LogP) is 5.80. The molecule has 0 saturated heterocycles. The molecule has 0 heterocycles. The van der Waals surface area contributed by atoms with Gasteiger partial charge in [-0.05, 0) is 0 Å². The number of hydrogen-bond donors (Lipinski definition) is 0. The van der Waals surface area contributed by atoms with Crippen LogP contribution in [-0.2, 0) is 0 Å². The SMILES string of the molecule is CCN(CC)C(F)(F)C(F)(F)C(F)(F)C(F)(F)C(F)(F)CCC(F)(F)F. The molecule has 0 aromatic rings. The Morgan fingerprint density at radius 2 is 0.923 bits per heavy atom. The average molecular weight is 419 g/mol. The molecule has 0 amide bonds. The maximum Gasteiger partial charge on any atom is 0.392 e. The van der Waals surface area contributed by atoms with Gasteiger partial charge in [-0.2, -0.15) is 57.1 Å². The summed E-state index contributed by atoms with van der Waals surface area (Å²) in [6, 6.07) is -5.98. The summed E-state index contributed by atoms with van der Waals surface area (Å²) in [6.45, 7) is -0.514. The molecule has 0 N–H and O–H groups in total. The van der Waals surface area contributed by atoms with Gasteiger partial charge in [0.05, 0.1) is 0 Å². The highest BCUT2D eigenvalue weighted by Crippen LogP contribution is 2.58. The summed E-state index contributed by atoms with van der Waals surface area (Å²) in [5.41, 5.74) is 0. The van der Waals surface area contributed by atoms with Crippen LogP contribution < -0.4 is 0 Å². The normalized spacial score (nSPS) is 15.7. The molecule has 14 heteroatoms. The minimum Gasteiger partial charge on any atom is -0.240 e. The zero-order valence-corrected chi connectivity index (χ0v) is 13.2. The van der Waals surface area contributed by atoms with Crippen LogP contribution in [0.4, 0.5) is 57.1 Å². The lowest BCUT2D eigenvalue weighted by atomic mass is 9.94. The Labute approximate surface area is 139 Å². The van der Waals surface area contributed by atoms with Crippen LogP contribution in [0.25, 0.3) is 0 Å². The molecule has 0 aliphatic carbocycles. The van der Waals surface area contributed by atoms with Gasteiger partial charge in [0.25, 0.3) is 0 Å². The Morgan fingerprint density at radius 1 is 0.538 bits per heavy atom. The molecule has 1 nitrogen and oxygen atoms in total. The Morgan fingerprint density at radius 3 is 1.23 bits per heavy atom. The van der Waals surface area contributed by atoms with E-state index in [1.165, 1.54) is 0 Å². The van der Waals surface area contributed by atoms with Gasteiger partial charge in [-0.1, -0.05) is 13.8 Å². The van der Waals surface area contributed by atoms with Crippen LogP contribution >= 0.6 is 0 Å². The molecule has 0 aromatic heterocycles. The molecule has 0 aromatic carbocycles. The summed E-state index contributed by atoms with van der Waals surface area (Å²) in [5.74, 6) is -27.9. The molecule has 0 aliphatic rings. The highest BCUT2D eigenvalue weighted by Gasteiger charge is 2.86. The van der Waals surface area contributed by atoms with Gasteiger partial charge in [-0.15, -0.1) is 0 Å². The Kier molecular flexibility index (Phi) is 6.96. The van der Waals surface area contributed by atoms with Gasteiger partial charge in [0.1, 0.15) is 0 Å². The Bertz CT molecular complexity index is 464. The van der Waals surface area contributed by atoms with Gasteiger partial charge >= 0.3 is 35.9 Å². The third-order valence-electron chi connectivity index (χ3n) is 3.51. The second-order valence-electron chi connectivity index (χ2n) is 5.26. The van der Waals surface area contributed by atoms with Gasteiger partial charge in [0.2, 0.25) is 0 Å². The van der Waals surface area contributed by atoms with E-state index in [-0.39, 0.29) is 0 Å². The molecule has 0 radical (unpaired) electrons. The van der Waals surface area contributed by atoms with Crippen LogP contribution in [0.5, 0.6) is 0 Å². The molecule has 158 valence electrons. The number of nitrogens with zero attached hydrogens (tertiary/aromatic N) is 1. The number of rotatable bonds is 9. The van der Waals surface area contributed by atoms with Crippen LogP contribution in [-0.4, -0.2) is 53.9 Å². The van der Waals surface area contributed by atoms with Crippen LogP contribution in [0.15, 0.2) is 0 Å². The predicted molar refractivity (Wildman–Crippen MR) is 62.9 cm³/mol. The van der Waals surface area contributed by atoms with E-state index in [1.54, 1.807) is 0 Å². The second kappa shape index (κ2) is 7.23. The summed E-state index contributed by atoms with van der Waals surface area (Å²) in [7, 11) is 0. The first-order valence-electron chi connectivity index (χ1n) is 6.93. The van der Waals surface area contributed by atoms with E-state index in [9.17, 15) is 57.1 Å². The van der Waals surface area contributed by atoms with E-state index in [0.717, 1.165) is 13.8 Å². The van der Waals surface area contributed by atoms with Crippen molar-refractivity contribution < 1.29 is 57.1 Å². The van der Waals surface area contributed by atoms with Crippen molar-refractivity contribution in [1.82, 2.24) is 4.90 Å². The van der Waals surface area contributed by atoms with Gasteiger partial charge in [-0.25, -0.2) is 4.90 Å². The van der Waals surface area contributed by atoms with Crippen molar-refractivity contribution in [2.45, 2.75) is 62.6 Å². The average Bonchev–Trinajstić information content (AvgIpc) is 2.44. The van der Waals surface area contributed by atoms with Gasteiger partial charge in [-0.3, -0.25) is 0 Å². The van der Waals surface area contributed by atoms with E-state index in [2.05, 4.69) is 0 Å². The van der Waals surface area contributed by atoms with Crippen molar-refractivity contribution in [3.05, 3.63) is 0 Å². The summed E-state index contributed by atoms with van der Waals surface area (Å²) in [5, 5.41) is 0. The quantitative estimate of drug-likeness (QED) is 0.337. The summed E-state index contributed by atoms with van der Waals surface area (Å²) < 4.78 is 170. The van der Waals surface area contributed by atoms with Crippen LogP contribution in [0.1, 0.15) is 26.7 Å². The zero-order valence-electron chi connectivity index (χ0n) is 13.2. The highest BCUT2D eigenvalue weighted by molar-refractivity contribution is 5.08. The third-order valence-corrected chi connectivity index (χ3v) is 3.51. The zero-order chi connectivity index (χ0) is 21.4. The second-order valence-corrected chi connectivity index (χ2v) is 5.26. The Hall–Kier alpha value is -0.950. The molecule has 0 unspecified atom stereocenters. The summed E-state index contributed by atoms with van der Waals surface area (Å²) in [4.78, 5) is -0.676. The largest absolute Gasteiger partial charge is 0.392 e. The first-order chi connectivity index (χ1) is 11.2. The lowest BCUT2D eigenvalue weighted by molar-refractivity contribution is -0.422. The molecular weight excluding hydrogens is 405 g/mol. The fourth-order valence-electron chi connectivity index (χ4n) is 1.89. The molecule has 0 bridgehead atoms. The van der Waals surface area contributed by atoms with Crippen LogP contribution in [0, 0.1) is 0 Å². The molecule has 0 fully saturated rings.